The Bertz CT molecular complexity index is 411. The molecule has 0 bridgehead atoms. The van der Waals surface area contributed by atoms with Gasteiger partial charge in [-0.25, -0.2) is 4.98 Å². The quantitative estimate of drug-likeness (QED) is 0.908. The van der Waals surface area contributed by atoms with Crippen LogP contribution in [0.2, 0.25) is 0 Å². The lowest BCUT2D eigenvalue weighted by atomic mass is 10.2. The second kappa shape index (κ2) is 7.06. The van der Waals surface area contributed by atoms with Crippen molar-refractivity contribution in [1.82, 2.24) is 25.3 Å². The summed E-state index contributed by atoms with van der Waals surface area (Å²) in [4.78, 5) is 6.39. The summed E-state index contributed by atoms with van der Waals surface area (Å²) in [5.74, 6) is 0. The van der Waals surface area contributed by atoms with Gasteiger partial charge in [-0.1, -0.05) is 6.92 Å². The lowest BCUT2D eigenvalue weighted by Gasteiger charge is -2.28. The number of fused-ring (bicyclic) bond motifs is 1. The highest BCUT2D eigenvalue weighted by Gasteiger charge is 2.08. The van der Waals surface area contributed by atoms with Gasteiger partial charge in [0.05, 0.1) is 0 Å². The fourth-order valence-corrected chi connectivity index (χ4v) is 2.01. The zero-order valence-electron chi connectivity index (χ0n) is 11.9. The van der Waals surface area contributed by atoms with Crippen molar-refractivity contribution in [2.45, 2.75) is 46.7 Å². The Morgan fingerprint density at radius 1 is 1.17 bits per heavy atom. The van der Waals surface area contributed by atoms with Gasteiger partial charge in [-0.3, -0.25) is 4.90 Å². The van der Waals surface area contributed by atoms with Crippen LogP contribution < -0.4 is 0 Å². The fraction of sp³-hybridized carbons (Fsp3) is 0.615. The third-order valence-electron chi connectivity index (χ3n) is 2.78. The van der Waals surface area contributed by atoms with Crippen LogP contribution in [0.3, 0.4) is 0 Å². The van der Waals surface area contributed by atoms with Crippen LogP contribution in [0.1, 0.15) is 34.6 Å². The van der Waals surface area contributed by atoms with Gasteiger partial charge in [-0.15, -0.1) is 5.10 Å². The third kappa shape index (κ3) is 4.07. The maximum atomic E-state index is 3.94. The van der Waals surface area contributed by atoms with Gasteiger partial charge in [0.1, 0.15) is 5.52 Å². The molecule has 2 heterocycles. The van der Waals surface area contributed by atoms with Crippen molar-refractivity contribution >= 4 is 11.2 Å². The molecule has 0 unspecified atom stereocenters. The highest BCUT2D eigenvalue weighted by Crippen LogP contribution is 2.02. The zero-order valence-corrected chi connectivity index (χ0v) is 11.9. The summed E-state index contributed by atoms with van der Waals surface area (Å²) in [6, 6.07) is 5.06. The summed E-state index contributed by atoms with van der Waals surface area (Å²) in [5, 5.41) is 10.1. The molecule has 0 aliphatic carbocycles. The maximum Gasteiger partial charge on any atom is 0.201 e. The average Bonchev–Trinajstić information content (AvgIpc) is 2.77. The number of pyridine rings is 1. The lowest BCUT2D eigenvalue weighted by Crippen LogP contribution is -2.36. The highest BCUT2D eigenvalue weighted by atomic mass is 15.3. The molecule has 0 spiro atoms. The molecule has 5 heteroatoms. The van der Waals surface area contributed by atoms with Gasteiger partial charge >= 0.3 is 0 Å². The standard InChI is InChI=1S/C8H19N.C5H4N4/c1-6-9(7(2)3)8(4)5;1-2-4-5(6-3-1)8-9-7-4/h7-8H,6H2,1-5H3;1-3H,(H,6,7,8,9). The van der Waals surface area contributed by atoms with Gasteiger partial charge in [-0.2, -0.15) is 10.3 Å². The molecular formula is C13H23N5. The second-order valence-electron chi connectivity index (χ2n) is 4.69. The van der Waals surface area contributed by atoms with Crippen LogP contribution in [0.15, 0.2) is 18.3 Å². The van der Waals surface area contributed by atoms with E-state index in [1.54, 1.807) is 6.20 Å². The number of H-pyrrole nitrogens is 1. The van der Waals surface area contributed by atoms with Crippen molar-refractivity contribution < 1.29 is 0 Å². The highest BCUT2D eigenvalue weighted by molar-refractivity contribution is 5.67. The SMILES string of the molecule is CCN(C(C)C)C(C)C.c1cnc2n[nH]nc2c1. The summed E-state index contributed by atoms with van der Waals surface area (Å²) in [5.41, 5.74) is 1.47. The molecule has 2 aromatic rings. The van der Waals surface area contributed by atoms with E-state index in [1.807, 2.05) is 12.1 Å². The largest absolute Gasteiger partial charge is 0.299 e. The van der Waals surface area contributed by atoms with Crippen LogP contribution >= 0.6 is 0 Å². The summed E-state index contributed by atoms with van der Waals surface area (Å²) in [7, 11) is 0. The smallest absolute Gasteiger partial charge is 0.201 e. The summed E-state index contributed by atoms with van der Waals surface area (Å²) in [6.07, 6.45) is 1.69. The molecule has 0 saturated heterocycles. The molecule has 0 aliphatic heterocycles. The molecular weight excluding hydrogens is 226 g/mol. The Hall–Kier alpha value is -1.49. The molecule has 0 amide bonds. The second-order valence-corrected chi connectivity index (χ2v) is 4.69. The molecule has 5 nitrogen and oxygen atoms in total. The third-order valence-corrected chi connectivity index (χ3v) is 2.78. The summed E-state index contributed by atoms with van der Waals surface area (Å²) >= 11 is 0. The van der Waals surface area contributed by atoms with Crippen molar-refractivity contribution in [1.29, 1.82) is 0 Å². The van der Waals surface area contributed by atoms with Crippen molar-refractivity contribution in [3.8, 4) is 0 Å². The molecule has 0 aliphatic rings. The van der Waals surface area contributed by atoms with Crippen LogP contribution in [0, 0.1) is 0 Å². The van der Waals surface area contributed by atoms with Gasteiger partial charge in [0.25, 0.3) is 0 Å². The van der Waals surface area contributed by atoms with Crippen molar-refractivity contribution in [2.75, 3.05) is 6.54 Å². The Balaban J connectivity index is 0.000000180. The predicted octanol–water partition coefficient (Wildman–Crippen LogP) is 2.48. The van der Waals surface area contributed by atoms with Crippen LogP contribution in [0.25, 0.3) is 11.2 Å². The molecule has 2 rings (SSSR count). The van der Waals surface area contributed by atoms with E-state index in [9.17, 15) is 0 Å². The van der Waals surface area contributed by atoms with Gasteiger partial charge in [0, 0.05) is 18.3 Å². The van der Waals surface area contributed by atoms with Crippen molar-refractivity contribution in [2.24, 2.45) is 0 Å². The van der Waals surface area contributed by atoms with E-state index in [0.717, 1.165) is 12.1 Å². The Kier molecular flexibility index (Phi) is 5.71. The molecule has 0 radical (unpaired) electrons. The van der Waals surface area contributed by atoms with Gasteiger partial charge in [0.2, 0.25) is 5.65 Å². The van der Waals surface area contributed by atoms with E-state index < -0.39 is 0 Å². The van der Waals surface area contributed by atoms with E-state index in [4.69, 9.17) is 0 Å². The first-order valence-corrected chi connectivity index (χ1v) is 6.43. The minimum absolute atomic E-state index is 0.664. The van der Waals surface area contributed by atoms with Crippen LogP contribution in [-0.4, -0.2) is 43.9 Å². The topological polar surface area (TPSA) is 57.7 Å². The minimum atomic E-state index is 0.664. The molecule has 2 aromatic heterocycles. The van der Waals surface area contributed by atoms with E-state index in [1.165, 1.54) is 0 Å². The van der Waals surface area contributed by atoms with Crippen LogP contribution in [0.5, 0.6) is 0 Å². The Labute approximate surface area is 109 Å². The number of nitrogens with one attached hydrogen (secondary N) is 1. The Morgan fingerprint density at radius 3 is 2.28 bits per heavy atom. The van der Waals surface area contributed by atoms with E-state index in [-0.39, 0.29) is 0 Å². The van der Waals surface area contributed by atoms with E-state index in [2.05, 4.69) is 59.9 Å². The average molecular weight is 249 g/mol. The van der Waals surface area contributed by atoms with Crippen LogP contribution in [-0.2, 0) is 0 Å². The minimum Gasteiger partial charge on any atom is -0.299 e. The molecule has 1 N–H and O–H groups in total. The number of rotatable bonds is 3. The first-order chi connectivity index (χ1) is 8.56. The van der Waals surface area contributed by atoms with Gasteiger partial charge < -0.3 is 0 Å². The van der Waals surface area contributed by atoms with Gasteiger partial charge in [-0.05, 0) is 46.4 Å². The lowest BCUT2D eigenvalue weighted by molar-refractivity contribution is 0.185. The summed E-state index contributed by atoms with van der Waals surface area (Å²) < 4.78 is 0. The van der Waals surface area contributed by atoms with Crippen molar-refractivity contribution in [3.63, 3.8) is 0 Å². The first-order valence-electron chi connectivity index (χ1n) is 6.43. The normalized spacial score (nSPS) is 11.1. The molecule has 0 fully saturated rings. The number of nitrogens with zero attached hydrogens (tertiary/aromatic N) is 4. The molecule has 0 saturated carbocycles. The predicted molar refractivity (Wildman–Crippen MR) is 74.3 cm³/mol. The number of aromatic nitrogens is 4. The Morgan fingerprint density at radius 2 is 1.83 bits per heavy atom. The zero-order chi connectivity index (χ0) is 13.5. The summed E-state index contributed by atoms with van der Waals surface area (Å²) in [6.45, 7) is 12.3. The molecule has 0 aromatic carbocycles. The molecule has 0 atom stereocenters. The number of hydrogen-bond donors (Lipinski definition) is 1. The molecule has 100 valence electrons. The van der Waals surface area contributed by atoms with Crippen LogP contribution in [0.4, 0.5) is 0 Å². The monoisotopic (exact) mass is 249 g/mol. The first kappa shape index (κ1) is 14.6. The van der Waals surface area contributed by atoms with Gasteiger partial charge in [0.15, 0.2) is 0 Å². The molecule has 18 heavy (non-hydrogen) atoms. The fourth-order valence-electron chi connectivity index (χ4n) is 2.01. The number of aromatic amines is 1. The van der Waals surface area contributed by atoms with E-state index in [0.29, 0.717) is 17.7 Å². The van der Waals surface area contributed by atoms with Crippen molar-refractivity contribution in [3.05, 3.63) is 18.3 Å². The maximum absolute atomic E-state index is 3.94. The van der Waals surface area contributed by atoms with E-state index >= 15 is 0 Å². The number of hydrogen-bond acceptors (Lipinski definition) is 4.